The van der Waals surface area contributed by atoms with Gasteiger partial charge in [0.1, 0.15) is 11.6 Å². The van der Waals surface area contributed by atoms with Crippen molar-refractivity contribution in [2.24, 2.45) is 0 Å². The molecule has 3 rings (SSSR count). The molecule has 0 saturated carbocycles. The zero-order valence-electron chi connectivity index (χ0n) is 13.2. The van der Waals surface area contributed by atoms with Crippen molar-refractivity contribution in [3.63, 3.8) is 0 Å². The van der Waals surface area contributed by atoms with Crippen LogP contribution < -0.4 is 5.32 Å². The topological polar surface area (TPSA) is 57.8 Å². The third kappa shape index (κ3) is 4.06. The van der Waals surface area contributed by atoms with E-state index in [2.05, 4.69) is 21.2 Å². The van der Waals surface area contributed by atoms with Crippen molar-refractivity contribution in [3.8, 4) is 11.8 Å². The number of nitrogens with one attached hydrogen (secondary N) is 1. The van der Waals surface area contributed by atoms with Crippen molar-refractivity contribution in [2.75, 3.05) is 5.32 Å². The number of rotatable bonds is 4. The zero-order valence-corrected chi connectivity index (χ0v) is 14.8. The number of aromatic nitrogens is 1. The lowest BCUT2D eigenvalue weighted by Crippen LogP contribution is -2.13. The lowest BCUT2D eigenvalue weighted by atomic mass is 10.2. The number of halogens is 1. The summed E-state index contributed by atoms with van der Waals surface area (Å²) in [4.78, 5) is 12.3. The van der Waals surface area contributed by atoms with E-state index in [1.165, 1.54) is 0 Å². The van der Waals surface area contributed by atoms with Gasteiger partial charge in [0.05, 0.1) is 0 Å². The summed E-state index contributed by atoms with van der Waals surface area (Å²) < 4.78 is 2.90. The molecule has 0 spiro atoms. The standard InChI is InChI=1S/C20H14BrN3O/c21-16-8-10-18(11-9-16)24-12-4-7-19(24)13-15(14-22)20(25)23-17-5-2-1-3-6-17/h1-13H,(H,23,25)/b15-13+. The van der Waals surface area contributed by atoms with Gasteiger partial charge in [0.2, 0.25) is 0 Å². The van der Waals surface area contributed by atoms with Crippen molar-refractivity contribution in [3.05, 3.63) is 88.7 Å². The Balaban J connectivity index is 1.88. The highest BCUT2D eigenvalue weighted by atomic mass is 79.9. The van der Waals surface area contributed by atoms with E-state index < -0.39 is 5.91 Å². The number of hydrogen-bond donors (Lipinski definition) is 1. The molecule has 1 aromatic heterocycles. The van der Waals surface area contributed by atoms with E-state index >= 15 is 0 Å². The predicted octanol–water partition coefficient (Wildman–Crippen LogP) is 4.79. The molecule has 5 heteroatoms. The van der Waals surface area contributed by atoms with E-state index in [4.69, 9.17) is 0 Å². The summed E-state index contributed by atoms with van der Waals surface area (Å²) in [5, 5.41) is 12.1. The molecule has 2 aromatic carbocycles. The van der Waals surface area contributed by atoms with E-state index in [1.807, 2.05) is 71.4 Å². The summed E-state index contributed by atoms with van der Waals surface area (Å²) >= 11 is 3.41. The van der Waals surface area contributed by atoms with Crippen LogP contribution >= 0.6 is 15.9 Å². The van der Waals surface area contributed by atoms with Gasteiger partial charge in [-0.3, -0.25) is 4.79 Å². The van der Waals surface area contributed by atoms with Crippen molar-refractivity contribution in [2.45, 2.75) is 0 Å². The molecule has 1 amide bonds. The molecule has 0 aliphatic rings. The molecule has 122 valence electrons. The lowest BCUT2D eigenvalue weighted by Gasteiger charge is -2.08. The van der Waals surface area contributed by atoms with E-state index in [1.54, 1.807) is 18.2 Å². The van der Waals surface area contributed by atoms with Crippen LogP contribution in [0.25, 0.3) is 11.8 Å². The third-order valence-corrected chi connectivity index (χ3v) is 4.10. The van der Waals surface area contributed by atoms with Crippen LogP contribution in [0, 0.1) is 11.3 Å². The average Bonchev–Trinajstić information content (AvgIpc) is 3.09. The van der Waals surface area contributed by atoms with Gasteiger partial charge in [-0.2, -0.15) is 5.26 Å². The summed E-state index contributed by atoms with van der Waals surface area (Å²) in [7, 11) is 0. The highest BCUT2D eigenvalue weighted by Gasteiger charge is 2.11. The first-order chi connectivity index (χ1) is 12.2. The second-order valence-corrected chi connectivity index (χ2v) is 6.19. The minimum atomic E-state index is -0.433. The summed E-state index contributed by atoms with van der Waals surface area (Å²) in [6.07, 6.45) is 3.47. The van der Waals surface area contributed by atoms with Gasteiger partial charge in [-0.1, -0.05) is 34.1 Å². The van der Waals surface area contributed by atoms with Gasteiger partial charge >= 0.3 is 0 Å². The molecular weight excluding hydrogens is 378 g/mol. The Kier molecular flexibility index (Phi) is 5.12. The normalized spacial score (nSPS) is 11.0. The number of nitrogens with zero attached hydrogens (tertiary/aromatic N) is 2. The largest absolute Gasteiger partial charge is 0.321 e. The second-order valence-electron chi connectivity index (χ2n) is 5.27. The van der Waals surface area contributed by atoms with Gasteiger partial charge in [-0.15, -0.1) is 0 Å². The predicted molar refractivity (Wildman–Crippen MR) is 102 cm³/mol. The molecule has 1 heterocycles. The molecule has 0 fully saturated rings. The Morgan fingerprint density at radius 1 is 1.04 bits per heavy atom. The van der Waals surface area contributed by atoms with Gasteiger partial charge in [-0.05, 0) is 54.6 Å². The van der Waals surface area contributed by atoms with Crippen molar-refractivity contribution in [1.82, 2.24) is 4.57 Å². The molecular formula is C20H14BrN3O. The first-order valence-corrected chi connectivity index (χ1v) is 8.38. The van der Waals surface area contributed by atoms with Crippen LogP contribution in [0.1, 0.15) is 5.69 Å². The first-order valence-electron chi connectivity index (χ1n) is 7.59. The molecule has 0 saturated heterocycles. The Morgan fingerprint density at radius 3 is 2.44 bits per heavy atom. The smallest absolute Gasteiger partial charge is 0.266 e. The molecule has 0 radical (unpaired) electrons. The Hall–Kier alpha value is -3.10. The molecule has 0 aliphatic heterocycles. The monoisotopic (exact) mass is 391 g/mol. The van der Waals surface area contributed by atoms with E-state index in [9.17, 15) is 10.1 Å². The summed E-state index contributed by atoms with van der Waals surface area (Å²) in [6, 6.07) is 22.6. The number of para-hydroxylation sites is 1. The van der Waals surface area contributed by atoms with E-state index in [-0.39, 0.29) is 5.57 Å². The maximum atomic E-state index is 12.3. The summed E-state index contributed by atoms with van der Waals surface area (Å²) in [5.41, 5.74) is 2.39. The SMILES string of the molecule is N#C/C(=C\c1cccn1-c1ccc(Br)cc1)C(=O)Nc1ccccc1. The molecule has 0 atom stereocenters. The maximum absolute atomic E-state index is 12.3. The zero-order chi connectivity index (χ0) is 17.6. The van der Waals surface area contributed by atoms with Crippen molar-refractivity contribution < 1.29 is 4.79 Å². The third-order valence-electron chi connectivity index (χ3n) is 3.57. The number of carbonyl (C=O) groups excluding carboxylic acids is 1. The van der Waals surface area contributed by atoms with Crippen molar-refractivity contribution >= 4 is 33.6 Å². The molecule has 0 unspecified atom stereocenters. The Labute approximate surface area is 154 Å². The van der Waals surface area contributed by atoms with Crippen LogP contribution in [0.5, 0.6) is 0 Å². The van der Waals surface area contributed by atoms with Gasteiger partial charge in [0.25, 0.3) is 5.91 Å². The van der Waals surface area contributed by atoms with Crippen molar-refractivity contribution in [1.29, 1.82) is 5.26 Å². The molecule has 0 aliphatic carbocycles. The minimum absolute atomic E-state index is 0.0425. The van der Waals surface area contributed by atoms with E-state index in [0.717, 1.165) is 15.9 Å². The highest BCUT2D eigenvalue weighted by Crippen LogP contribution is 2.19. The number of nitriles is 1. The van der Waals surface area contributed by atoms with Gasteiger partial charge in [0, 0.05) is 27.7 Å². The maximum Gasteiger partial charge on any atom is 0.266 e. The van der Waals surface area contributed by atoms with Crippen LogP contribution in [-0.4, -0.2) is 10.5 Å². The molecule has 3 aromatic rings. The Bertz CT molecular complexity index is 951. The summed E-state index contributed by atoms with van der Waals surface area (Å²) in [5.74, 6) is -0.433. The number of hydrogen-bond acceptors (Lipinski definition) is 2. The number of carbonyl (C=O) groups is 1. The number of amides is 1. The fourth-order valence-electron chi connectivity index (χ4n) is 2.36. The summed E-state index contributed by atoms with van der Waals surface area (Å²) in [6.45, 7) is 0. The van der Waals surface area contributed by atoms with Gasteiger partial charge in [0.15, 0.2) is 0 Å². The second kappa shape index (κ2) is 7.65. The molecule has 0 bridgehead atoms. The molecule has 4 nitrogen and oxygen atoms in total. The first kappa shape index (κ1) is 16.7. The van der Waals surface area contributed by atoms with Crippen LogP contribution in [-0.2, 0) is 4.79 Å². The highest BCUT2D eigenvalue weighted by molar-refractivity contribution is 9.10. The van der Waals surface area contributed by atoms with Gasteiger partial charge < -0.3 is 9.88 Å². The average molecular weight is 392 g/mol. The van der Waals surface area contributed by atoms with Crippen LogP contribution in [0.15, 0.2) is 83.0 Å². The lowest BCUT2D eigenvalue weighted by molar-refractivity contribution is -0.112. The van der Waals surface area contributed by atoms with Crippen LogP contribution in [0.3, 0.4) is 0 Å². The van der Waals surface area contributed by atoms with Gasteiger partial charge in [-0.25, -0.2) is 0 Å². The fraction of sp³-hybridized carbons (Fsp3) is 0. The molecule has 1 N–H and O–H groups in total. The minimum Gasteiger partial charge on any atom is -0.321 e. The number of anilines is 1. The molecule has 25 heavy (non-hydrogen) atoms. The Morgan fingerprint density at radius 2 is 1.76 bits per heavy atom. The van der Waals surface area contributed by atoms with Crippen LogP contribution in [0.4, 0.5) is 5.69 Å². The fourth-order valence-corrected chi connectivity index (χ4v) is 2.63. The van der Waals surface area contributed by atoms with E-state index in [0.29, 0.717) is 5.69 Å². The number of benzene rings is 2. The van der Waals surface area contributed by atoms with Crippen LogP contribution in [0.2, 0.25) is 0 Å². The quantitative estimate of drug-likeness (QED) is 0.513.